The lowest BCUT2D eigenvalue weighted by Gasteiger charge is -2.08. The van der Waals surface area contributed by atoms with Crippen molar-refractivity contribution in [2.75, 3.05) is 20.6 Å². The highest BCUT2D eigenvalue weighted by Gasteiger charge is 2.06. The first kappa shape index (κ1) is 21.1. The molecule has 1 rings (SSSR count). The lowest BCUT2D eigenvalue weighted by Crippen LogP contribution is -2.12. The summed E-state index contributed by atoms with van der Waals surface area (Å²) in [5.41, 5.74) is 0.956. The van der Waals surface area contributed by atoms with Crippen molar-refractivity contribution in [1.82, 2.24) is 4.90 Å². The molecule has 0 aliphatic rings. The van der Waals surface area contributed by atoms with Crippen LogP contribution in [0.4, 0.5) is 0 Å². The average Bonchev–Trinajstić information content (AvgIpc) is 2.42. The van der Waals surface area contributed by atoms with Crippen LogP contribution in [0.2, 0.25) is 0 Å². The van der Waals surface area contributed by atoms with Crippen LogP contribution in [-0.2, 0) is 10.1 Å². The van der Waals surface area contributed by atoms with E-state index in [2.05, 4.69) is 25.9 Å². The van der Waals surface area contributed by atoms with Crippen LogP contribution in [0.1, 0.15) is 51.0 Å². The summed E-state index contributed by atoms with van der Waals surface area (Å²) in [6, 6.07) is 5.99. The van der Waals surface area contributed by atoms with Gasteiger partial charge in [-0.25, -0.2) is 0 Å². The van der Waals surface area contributed by atoms with Crippen molar-refractivity contribution in [3.8, 4) is 0 Å². The van der Waals surface area contributed by atoms with E-state index in [0.717, 1.165) is 5.56 Å². The minimum atomic E-state index is -4.02. The average molecular weight is 330 g/mol. The number of rotatable bonds is 8. The molecule has 5 heteroatoms. The van der Waals surface area contributed by atoms with Crippen molar-refractivity contribution < 1.29 is 13.0 Å². The van der Waals surface area contributed by atoms with Crippen molar-refractivity contribution in [2.45, 2.75) is 57.3 Å². The highest BCUT2D eigenvalue weighted by atomic mass is 32.2. The van der Waals surface area contributed by atoms with Gasteiger partial charge in [0.05, 0.1) is 4.90 Å². The summed E-state index contributed by atoms with van der Waals surface area (Å²) < 4.78 is 29.6. The predicted molar refractivity (Wildman–Crippen MR) is 92.9 cm³/mol. The van der Waals surface area contributed by atoms with Crippen LogP contribution in [0.3, 0.4) is 0 Å². The smallest absolute Gasteiger partial charge is 0.294 e. The van der Waals surface area contributed by atoms with Gasteiger partial charge in [-0.05, 0) is 46.1 Å². The molecule has 1 aromatic rings. The van der Waals surface area contributed by atoms with Crippen molar-refractivity contribution in [1.29, 1.82) is 0 Å². The molecule has 1 N–H and O–H groups in total. The Morgan fingerprint density at radius 1 is 0.955 bits per heavy atom. The minimum absolute atomic E-state index is 0.0666. The molecule has 0 amide bonds. The van der Waals surface area contributed by atoms with E-state index >= 15 is 0 Å². The summed E-state index contributed by atoms with van der Waals surface area (Å²) in [5.74, 6) is 0. The first-order valence-electron chi connectivity index (χ1n) is 7.96. The van der Waals surface area contributed by atoms with Crippen LogP contribution in [0.15, 0.2) is 29.2 Å². The molecule has 4 nitrogen and oxygen atoms in total. The second-order valence-corrected chi connectivity index (χ2v) is 7.28. The van der Waals surface area contributed by atoms with Crippen LogP contribution in [0, 0.1) is 6.92 Å². The van der Waals surface area contributed by atoms with E-state index in [1.165, 1.54) is 57.2 Å². The van der Waals surface area contributed by atoms with E-state index in [4.69, 9.17) is 4.55 Å². The Morgan fingerprint density at radius 3 is 1.91 bits per heavy atom. The molecule has 0 bridgehead atoms. The molecule has 22 heavy (non-hydrogen) atoms. The Hall–Kier alpha value is -0.910. The fourth-order valence-electron chi connectivity index (χ4n) is 1.92. The zero-order valence-electron chi connectivity index (χ0n) is 14.4. The first-order chi connectivity index (χ1) is 10.3. The third-order valence-corrected chi connectivity index (χ3v) is 4.15. The van der Waals surface area contributed by atoms with Crippen LogP contribution < -0.4 is 0 Å². The van der Waals surface area contributed by atoms with Gasteiger partial charge in [-0.2, -0.15) is 8.42 Å². The molecule has 0 spiro atoms. The van der Waals surface area contributed by atoms with Gasteiger partial charge in [0, 0.05) is 0 Å². The van der Waals surface area contributed by atoms with Crippen molar-refractivity contribution >= 4 is 10.1 Å². The molecule has 0 aliphatic carbocycles. The molecule has 0 fully saturated rings. The standard InChI is InChI=1S/C10H23N.C7H8O3S/c1-4-5-6-7-8-9-10-11(2)3;1-6-2-4-7(5-3-6)11(8,9)10/h4-10H2,1-3H3;2-5H,1H3,(H,8,9,10). The summed E-state index contributed by atoms with van der Waals surface area (Å²) in [4.78, 5) is 2.20. The summed E-state index contributed by atoms with van der Waals surface area (Å²) in [6.07, 6.45) is 8.43. The maximum Gasteiger partial charge on any atom is 0.294 e. The van der Waals surface area contributed by atoms with E-state index in [9.17, 15) is 8.42 Å². The summed E-state index contributed by atoms with van der Waals surface area (Å²) in [5, 5.41) is 0. The minimum Gasteiger partial charge on any atom is -0.309 e. The molecule has 0 saturated carbocycles. The van der Waals surface area contributed by atoms with E-state index in [0.29, 0.717) is 0 Å². The van der Waals surface area contributed by atoms with Crippen molar-refractivity contribution in [3.05, 3.63) is 29.8 Å². The molecule has 0 saturated heterocycles. The van der Waals surface area contributed by atoms with Crippen LogP contribution >= 0.6 is 0 Å². The number of aryl methyl sites for hydroxylation is 1. The topological polar surface area (TPSA) is 57.6 Å². The van der Waals surface area contributed by atoms with Gasteiger partial charge >= 0.3 is 0 Å². The predicted octanol–water partition coefficient (Wildman–Crippen LogP) is 4.15. The molecule has 128 valence electrons. The second-order valence-electron chi connectivity index (χ2n) is 5.86. The molecular formula is C17H31NO3S. The van der Waals surface area contributed by atoms with E-state index in [1.54, 1.807) is 12.1 Å². The number of nitrogens with zero attached hydrogens (tertiary/aromatic N) is 1. The fourth-order valence-corrected chi connectivity index (χ4v) is 2.40. The van der Waals surface area contributed by atoms with Gasteiger partial charge in [0.15, 0.2) is 0 Å². The Balaban J connectivity index is 0.000000401. The summed E-state index contributed by atoms with van der Waals surface area (Å²) in [6.45, 7) is 5.36. The Bertz CT molecular complexity index is 481. The van der Waals surface area contributed by atoms with E-state index < -0.39 is 10.1 Å². The quantitative estimate of drug-likeness (QED) is 0.575. The Kier molecular flexibility index (Phi) is 11.1. The molecule has 0 unspecified atom stereocenters. The molecule has 0 aromatic heterocycles. The van der Waals surface area contributed by atoms with Crippen molar-refractivity contribution in [2.24, 2.45) is 0 Å². The van der Waals surface area contributed by atoms with Crippen LogP contribution in [0.5, 0.6) is 0 Å². The Morgan fingerprint density at radius 2 is 1.45 bits per heavy atom. The SMILES string of the molecule is CCCCCCCCN(C)C.Cc1ccc(S(=O)(=O)O)cc1. The van der Waals surface area contributed by atoms with Gasteiger partial charge in [0.25, 0.3) is 10.1 Å². The monoisotopic (exact) mass is 329 g/mol. The molecule has 0 radical (unpaired) electrons. The van der Waals surface area contributed by atoms with Gasteiger partial charge in [-0.15, -0.1) is 0 Å². The first-order valence-corrected chi connectivity index (χ1v) is 9.40. The highest BCUT2D eigenvalue weighted by molar-refractivity contribution is 7.85. The third kappa shape index (κ3) is 11.7. The lowest BCUT2D eigenvalue weighted by molar-refractivity contribution is 0.389. The summed E-state index contributed by atoms with van der Waals surface area (Å²) in [7, 11) is 0.270. The van der Waals surface area contributed by atoms with Gasteiger partial charge in [0.2, 0.25) is 0 Å². The number of hydrogen-bond acceptors (Lipinski definition) is 3. The third-order valence-electron chi connectivity index (χ3n) is 3.28. The normalized spacial score (nSPS) is 11.2. The molecule has 0 aliphatic heterocycles. The number of benzene rings is 1. The van der Waals surface area contributed by atoms with Crippen molar-refractivity contribution in [3.63, 3.8) is 0 Å². The molecule has 0 atom stereocenters. The lowest BCUT2D eigenvalue weighted by atomic mass is 10.1. The van der Waals surface area contributed by atoms with Crippen LogP contribution in [0.25, 0.3) is 0 Å². The maximum absolute atomic E-state index is 10.5. The van der Waals surface area contributed by atoms with Gasteiger partial charge in [-0.3, -0.25) is 4.55 Å². The molecule has 0 heterocycles. The van der Waals surface area contributed by atoms with E-state index in [1.807, 2.05) is 6.92 Å². The van der Waals surface area contributed by atoms with Crippen LogP contribution in [-0.4, -0.2) is 38.5 Å². The molecular weight excluding hydrogens is 298 g/mol. The van der Waals surface area contributed by atoms with Gasteiger partial charge in [-0.1, -0.05) is 56.7 Å². The number of unbranched alkanes of at least 4 members (excludes halogenated alkanes) is 5. The van der Waals surface area contributed by atoms with E-state index in [-0.39, 0.29) is 4.90 Å². The fraction of sp³-hybridized carbons (Fsp3) is 0.647. The zero-order chi connectivity index (χ0) is 17.0. The van der Waals surface area contributed by atoms with Gasteiger partial charge in [0.1, 0.15) is 0 Å². The highest BCUT2D eigenvalue weighted by Crippen LogP contribution is 2.08. The van der Waals surface area contributed by atoms with Gasteiger partial charge < -0.3 is 4.90 Å². The molecule has 1 aromatic carbocycles. The number of hydrogen-bond donors (Lipinski definition) is 1. The Labute approximate surface area is 136 Å². The maximum atomic E-state index is 10.5. The summed E-state index contributed by atoms with van der Waals surface area (Å²) >= 11 is 0. The second kappa shape index (κ2) is 11.6. The zero-order valence-corrected chi connectivity index (χ0v) is 15.2. The largest absolute Gasteiger partial charge is 0.309 e.